The van der Waals surface area contributed by atoms with E-state index in [0.29, 0.717) is 0 Å². The molecule has 10 aromatic rings. The third-order valence-corrected chi connectivity index (χ3v) is 10.5. The van der Waals surface area contributed by atoms with Crippen LogP contribution in [0.3, 0.4) is 0 Å². The second-order valence-electron chi connectivity index (χ2n) is 13.2. The van der Waals surface area contributed by atoms with Gasteiger partial charge in [0.1, 0.15) is 0 Å². The van der Waals surface area contributed by atoms with E-state index in [0.717, 1.165) is 0 Å². The highest BCUT2D eigenvalue weighted by Gasteiger charge is 2.19. The van der Waals surface area contributed by atoms with E-state index >= 15 is 0 Å². The quantitative estimate of drug-likeness (QED) is 0.181. The first-order valence-electron chi connectivity index (χ1n) is 17.4. The van der Waals surface area contributed by atoms with E-state index in [9.17, 15) is 0 Å². The number of benzene rings is 10. The first-order chi connectivity index (χ1) is 24.8. The number of hydrogen-bond donors (Lipinski definition) is 0. The van der Waals surface area contributed by atoms with Crippen LogP contribution >= 0.6 is 0 Å². The van der Waals surface area contributed by atoms with Gasteiger partial charge < -0.3 is 0 Å². The maximum Gasteiger partial charge on any atom is -0.00201 e. The molecule has 0 heteroatoms. The molecular weight excluding hydrogens is 601 g/mol. The van der Waals surface area contributed by atoms with Crippen molar-refractivity contribution in [1.29, 1.82) is 0 Å². The van der Waals surface area contributed by atoms with Gasteiger partial charge in [0.2, 0.25) is 0 Å². The second kappa shape index (κ2) is 11.6. The van der Waals surface area contributed by atoms with Crippen molar-refractivity contribution in [2.45, 2.75) is 0 Å². The van der Waals surface area contributed by atoms with Crippen LogP contribution in [0.1, 0.15) is 0 Å². The summed E-state index contributed by atoms with van der Waals surface area (Å²) in [6.45, 7) is 0. The molecule has 0 aliphatic heterocycles. The Morgan fingerprint density at radius 2 is 0.580 bits per heavy atom. The van der Waals surface area contributed by atoms with Crippen molar-refractivity contribution >= 4 is 53.9 Å². The Kier molecular flexibility index (Phi) is 6.60. The number of fused-ring (bicyclic) bond motifs is 5. The highest BCUT2D eigenvalue weighted by Crippen LogP contribution is 2.46. The normalized spacial score (nSPS) is 11.6. The fraction of sp³-hybridized carbons (Fsp3) is 0. The predicted octanol–water partition coefficient (Wildman–Crippen LogP) is 14.1. The van der Waals surface area contributed by atoms with Crippen molar-refractivity contribution in [3.8, 4) is 44.5 Å². The van der Waals surface area contributed by atoms with Crippen LogP contribution in [-0.4, -0.2) is 0 Å². The number of hydrogen-bond acceptors (Lipinski definition) is 0. The fourth-order valence-electron chi connectivity index (χ4n) is 8.15. The van der Waals surface area contributed by atoms with Crippen LogP contribution in [0.2, 0.25) is 0 Å². The van der Waals surface area contributed by atoms with Gasteiger partial charge in [-0.2, -0.15) is 0 Å². The third-order valence-electron chi connectivity index (χ3n) is 10.5. The summed E-state index contributed by atoms with van der Waals surface area (Å²) >= 11 is 0. The molecule has 50 heavy (non-hydrogen) atoms. The molecule has 0 nitrogen and oxygen atoms in total. The molecule has 10 aromatic carbocycles. The van der Waals surface area contributed by atoms with Crippen LogP contribution in [0.15, 0.2) is 194 Å². The van der Waals surface area contributed by atoms with E-state index in [1.54, 1.807) is 0 Å². The zero-order valence-corrected chi connectivity index (χ0v) is 27.5. The molecule has 0 radical (unpaired) electrons. The van der Waals surface area contributed by atoms with Crippen LogP contribution in [-0.2, 0) is 0 Å². The average Bonchev–Trinajstić information content (AvgIpc) is 3.19. The van der Waals surface area contributed by atoms with Gasteiger partial charge in [0.05, 0.1) is 0 Å². The van der Waals surface area contributed by atoms with Gasteiger partial charge in [-0.3, -0.25) is 0 Å². The van der Waals surface area contributed by atoms with E-state index in [2.05, 4.69) is 194 Å². The molecule has 10 rings (SSSR count). The van der Waals surface area contributed by atoms with Crippen molar-refractivity contribution in [3.05, 3.63) is 194 Å². The highest BCUT2D eigenvalue weighted by atomic mass is 14.2. The first kappa shape index (κ1) is 28.5. The van der Waals surface area contributed by atoms with Crippen molar-refractivity contribution in [1.82, 2.24) is 0 Å². The van der Waals surface area contributed by atoms with Crippen molar-refractivity contribution < 1.29 is 0 Å². The predicted molar refractivity (Wildman–Crippen MR) is 216 cm³/mol. The smallest absolute Gasteiger partial charge is 0.00201 e. The molecule has 232 valence electrons. The van der Waals surface area contributed by atoms with Gasteiger partial charge in [0, 0.05) is 0 Å². The molecule has 0 atom stereocenters. The zero-order chi connectivity index (χ0) is 33.0. The molecular formula is C50H32. The molecule has 0 amide bonds. The Bertz CT molecular complexity index is 2910. The van der Waals surface area contributed by atoms with Crippen molar-refractivity contribution in [3.63, 3.8) is 0 Å². The molecule has 0 N–H and O–H groups in total. The molecule has 0 fully saturated rings. The molecule has 0 heterocycles. The average molecular weight is 633 g/mol. The lowest BCUT2D eigenvalue weighted by Gasteiger charge is -2.20. The van der Waals surface area contributed by atoms with E-state index in [1.807, 2.05) is 0 Å². The Labute approximate surface area is 291 Å². The summed E-state index contributed by atoms with van der Waals surface area (Å²) in [5.74, 6) is 0. The molecule has 0 aliphatic carbocycles. The minimum absolute atomic E-state index is 1.22. The van der Waals surface area contributed by atoms with Gasteiger partial charge >= 0.3 is 0 Å². The topological polar surface area (TPSA) is 0 Å². The molecule has 0 aromatic heterocycles. The Hall–Kier alpha value is -6.50. The van der Waals surface area contributed by atoms with E-state index in [4.69, 9.17) is 0 Å². The summed E-state index contributed by atoms with van der Waals surface area (Å²) in [6, 6.07) is 71.5. The van der Waals surface area contributed by atoms with Crippen LogP contribution < -0.4 is 0 Å². The summed E-state index contributed by atoms with van der Waals surface area (Å²) in [5.41, 5.74) is 9.99. The van der Waals surface area contributed by atoms with Crippen molar-refractivity contribution in [2.24, 2.45) is 0 Å². The van der Waals surface area contributed by atoms with Crippen LogP contribution in [0.4, 0.5) is 0 Å². The van der Waals surface area contributed by atoms with Crippen molar-refractivity contribution in [2.75, 3.05) is 0 Å². The van der Waals surface area contributed by atoms with E-state index in [1.165, 1.54) is 98.4 Å². The lowest BCUT2D eigenvalue weighted by Crippen LogP contribution is -1.93. The SMILES string of the molecule is c1ccc2c(-c3ccc4ccc(-c5cccc6ccccc56)c(-c5ccc(-c6cccc7ccccc67)c6ccccc56)c4c3)cccc2c1. The Morgan fingerprint density at radius 3 is 1.20 bits per heavy atom. The molecule has 0 bridgehead atoms. The monoisotopic (exact) mass is 632 g/mol. The maximum atomic E-state index is 2.43. The van der Waals surface area contributed by atoms with Gasteiger partial charge in [-0.05, 0) is 104 Å². The molecule has 0 spiro atoms. The summed E-state index contributed by atoms with van der Waals surface area (Å²) < 4.78 is 0. The summed E-state index contributed by atoms with van der Waals surface area (Å²) in [4.78, 5) is 0. The fourth-order valence-corrected chi connectivity index (χ4v) is 8.15. The van der Waals surface area contributed by atoms with Crippen LogP contribution in [0.5, 0.6) is 0 Å². The summed E-state index contributed by atoms with van der Waals surface area (Å²) in [6.07, 6.45) is 0. The van der Waals surface area contributed by atoms with Gasteiger partial charge in [-0.25, -0.2) is 0 Å². The highest BCUT2D eigenvalue weighted by molar-refractivity contribution is 6.17. The van der Waals surface area contributed by atoms with Crippen LogP contribution in [0, 0.1) is 0 Å². The second-order valence-corrected chi connectivity index (χ2v) is 13.2. The number of rotatable bonds is 4. The van der Waals surface area contributed by atoms with Crippen LogP contribution in [0.25, 0.3) is 98.4 Å². The largest absolute Gasteiger partial charge is 0.0616 e. The molecule has 0 saturated heterocycles. The Morgan fingerprint density at radius 1 is 0.200 bits per heavy atom. The molecule has 0 aliphatic rings. The minimum Gasteiger partial charge on any atom is -0.0616 e. The van der Waals surface area contributed by atoms with Gasteiger partial charge in [-0.1, -0.05) is 188 Å². The first-order valence-corrected chi connectivity index (χ1v) is 17.4. The summed E-state index contributed by atoms with van der Waals surface area (Å²) in [7, 11) is 0. The molecule has 0 unspecified atom stereocenters. The van der Waals surface area contributed by atoms with Gasteiger partial charge in [0.15, 0.2) is 0 Å². The molecule has 0 saturated carbocycles. The lowest BCUT2D eigenvalue weighted by atomic mass is 9.83. The standard InChI is InChI=1S/C50H32/c1-4-18-38-33(12-1)15-9-23-41(38)37-27-26-36-28-29-47(43-25-11-17-35-14-3-6-20-40(35)43)50(49(36)32-37)48-31-30-46(44-21-7-8-22-45(44)48)42-24-10-16-34-13-2-5-19-39(34)42/h1-32H. The van der Waals surface area contributed by atoms with Gasteiger partial charge in [0.25, 0.3) is 0 Å². The van der Waals surface area contributed by atoms with Gasteiger partial charge in [-0.15, -0.1) is 0 Å². The summed E-state index contributed by atoms with van der Waals surface area (Å²) in [5, 5.41) is 12.6. The third kappa shape index (κ3) is 4.54. The van der Waals surface area contributed by atoms with E-state index < -0.39 is 0 Å². The maximum absolute atomic E-state index is 2.43. The van der Waals surface area contributed by atoms with E-state index in [-0.39, 0.29) is 0 Å². The Balaban J connectivity index is 1.31. The zero-order valence-electron chi connectivity index (χ0n) is 27.5. The lowest BCUT2D eigenvalue weighted by molar-refractivity contribution is 1.63. The minimum atomic E-state index is 1.22.